The van der Waals surface area contributed by atoms with E-state index in [2.05, 4.69) is 10.3 Å². The molecule has 3 nitrogen and oxygen atoms in total. The summed E-state index contributed by atoms with van der Waals surface area (Å²) in [5.74, 6) is -0.199. The van der Waals surface area contributed by atoms with E-state index < -0.39 is 6.17 Å². The molecule has 0 saturated heterocycles. The van der Waals surface area contributed by atoms with Crippen LogP contribution in [0.4, 0.5) is 4.39 Å². The molecule has 0 aromatic carbocycles. The van der Waals surface area contributed by atoms with Gasteiger partial charge in [-0.05, 0) is 26.2 Å². The second-order valence-electron chi connectivity index (χ2n) is 3.77. The normalized spacial score (nSPS) is 25.5. The molecule has 1 aliphatic carbocycles. The Bertz CT molecular complexity index is 366. The smallest absolute Gasteiger partial charge is 0.263 e. The van der Waals surface area contributed by atoms with Crippen molar-refractivity contribution in [3.63, 3.8) is 0 Å². The molecule has 0 unspecified atom stereocenters. The van der Waals surface area contributed by atoms with E-state index in [-0.39, 0.29) is 11.9 Å². The predicted molar refractivity (Wildman–Crippen MR) is 56.9 cm³/mol. The van der Waals surface area contributed by atoms with Crippen molar-refractivity contribution < 1.29 is 9.18 Å². The van der Waals surface area contributed by atoms with Crippen LogP contribution >= 0.6 is 11.3 Å². The molecule has 5 heteroatoms. The van der Waals surface area contributed by atoms with Gasteiger partial charge in [0.2, 0.25) is 0 Å². The summed E-state index contributed by atoms with van der Waals surface area (Å²) in [6.07, 6.45) is 2.81. The van der Waals surface area contributed by atoms with Gasteiger partial charge in [0.25, 0.3) is 5.91 Å². The van der Waals surface area contributed by atoms with Crippen molar-refractivity contribution in [2.75, 3.05) is 0 Å². The molecule has 0 spiro atoms. The third kappa shape index (κ3) is 2.34. The fraction of sp³-hybridized carbons (Fsp3) is 0.600. The number of thiazole rings is 1. The zero-order valence-corrected chi connectivity index (χ0v) is 9.31. The van der Waals surface area contributed by atoms with Crippen LogP contribution in [0, 0.1) is 6.92 Å². The van der Waals surface area contributed by atoms with Gasteiger partial charge in [0.05, 0.1) is 17.2 Å². The lowest BCUT2D eigenvalue weighted by Crippen LogP contribution is -2.37. The summed E-state index contributed by atoms with van der Waals surface area (Å²) in [7, 11) is 0. The monoisotopic (exact) mass is 228 g/mol. The highest BCUT2D eigenvalue weighted by molar-refractivity contribution is 7.13. The van der Waals surface area contributed by atoms with Crippen molar-refractivity contribution in [1.82, 2.24) is 10.3 Å². The van der Waals surface area contributed by atoms with Crippen LogP contribution in [0.3, 0.4) is 0 Å². The van der Waals surface area contributed by atoms with Gasteiger partial charge in [-0.2, -0.15) is 0 Å². The van der Waals surface area contributed by atoms with Crippen LogP contribution in [0.15, 0.2) is 6.20 Å². The highest BCUT2D eigenvalue weighted by Crippen LogP contribution is 2.22. The van der Waals surface area contributed by atoms with E-state index in [0.717, 1.165) is 17.8 Å². The molecule has 2 atom stereocenters. The van der Waals surface area contributed by atoms with Gasteiger partial charge in [0.15, 0.2) is 0 Å². The number of hydrogen-bond donors (Lipinski definition) is 1. The van der Waals surface area contributed by atoms with Crippen molar-refractivity contribution in [1.29, 1.82) is 0 Å². The average Bonchev–Trinajstić information content (AvgIpc) is 2.77. The van der Waals surface area contributed by atoms with E-state index in [1.807, 2.05) is 6.92 Å². The number of carbonyl (C=O) groups is 1. The van der Waals surface area contributed by atoms with Gasteiger partial charge in [-0.1, -0.05) is 0 Å². The molecular formula is C10H13FN2OS. The third-order valence-electron chi connectivity index (χ3n) is 2.59. The quantitative estimate of drug-likeness (QED) is 0.842. The Hall–Kier alpha value is -0.970. The first-order valence-electron chi connectivity index (χ1n) is 5.04. The summed E-state index contributed by atoms with van der Waals surface area (Å²) < 4.78 is 13.2. The summed E-state index contributed by atoms with van der Waals surface area (Å²) >= 11 is 1.33. The van der Waals surface area contributed by atoms with Crippen molar-refractivity contribution in [3.8, 4) is 0 Å². The van der Waals surface area contributed by atoms with Crippen LogP contribution in [0.5, 0.6) is 0 Å². The van der Waals surface area contributed by atoms with Crippen LogP contribution < -0.4 is 5.32 Å². The molecule has 1 fully saturated rings. The summed E-state index contributed by atoms with van der Waals surface area (Å²) in [5.41, 5.74) is 0. The molecule has 0 aliphatic heterocycles. The standard InChI is InChI=1S/C10H13FN2OS/c1-6-12-5-9(15-6)10(14)13-8-4-2-3-7(8)11/h5,7-8H,2-4H2,1H3,(H,13,14)/t7-,8+/m1/s1. The number of alkyl halides is 1. The second kappa shape index (κ2) is 4.26. The topological polar surface area (TPSA) is 42.0 Å². The Kier molecular flexibility index (Phi) is 3.00. The van der Waals surface area contributed by atoms with E-state index in [0.29, 0.717) is 11.3 Å². The van der Waals surface area contributed by atoms with E-state index >= 15 is 0 Å². The van der Waals surface area contributed by atoms with Gasteiger partial charge in [-0.15, -0.1) is 11.3 Å². The number of aryl methyl sites for hydroxylation is 1. The maximum atomic E-state index is 13.2. The number of aromatic nitrogens is 1. The number of carbonyl (C=O) groups excluding carboxylic acids is 1. The molecule has 1 saturated carbocycles. The van der Waals surface area contributed by atoms with E-state index in [1.165, 1.54) is 17.5 Å². The molecule has 15 heavy (non-hydrogen) atoms. The van der Waals surface area contributed by atoms with Crippen molar-refractivity contribution in [2.24, 2.45) is 0 Å². The van der Waals surface area contributed by atoms with Crippen molar-refractivity contribution >= 4 is 17.2 Å². The van der Waals surface area contributed by atoms with Crippen LogP contribution in [-0.2, 0) is 0 Å². The van der Waals surface area contributed by atoms with Crippen molar-refractivity contribution in [2.45, 2.75) is 38.4 Å². The number of nitrogens with one attached hydrogen (secondary N) is 1. The molecule has 0 radical (unpaired) electrons. The van der Waals surface area contributed by atoms with E-state index in [1.54, 1.807) is 0 Å². The first-order chi connectivity index (χ1) is 7.16. The molecule has 1 amide bonds. The molecule has 82 valence electrons. The SMILES string of the molecule is Cc1ncc(C(=O)N[C@H]2CCC[C@H]2F)s1. The highest BCUT2D eigenvalue weighted by Gasteiger charge is 2.28. The Morgan fingerprint density at radius 2 is 2.47 bits per heavy atom. The first kappa shape index (κ1) is 10.5. The zero-order chi connectivity index (χ0) is 10.8. The number of rotatable bonds is 2. The first-order valence-corrected chi connectivity index (χ1v) is 5.86. The molecule has 1 N–H and O–H groups in total. The summed E-state index contributed by atoms with van der Waals surface area (Å²) in [5, 5.41) is 3.57. The van der Waals surface area contributed by atoms with Gasteiger partial charge in [-0.25, -0.2) is 9.37 Å². The minimum absolute atomic E-state index is 0.199. The molecular weight excluding hydrogens is 215 g/mol. The van der Waals surface area contributed by atoms with E-state index in [9.17, 15) is 9.18 Å². The Morgan fingerprint density at radius 3 is 3.00 bits per heavy atom. The number of halogens is 1. The van der Waals surface area contributed by atoms with Gasteiger partial charge in [-0.3, -0.25) is 4.79 Å². The lowest BCUT2D eigenvalue weighted by Gasteiger charge is -2.13. The zero-order valence-electron chi connectivity index (χ0n) is 8.50. The summed E-state index contributed by atoms with van der Waals surface area (Å²) in [6, 6.07) is -0.306. The van der Waals surface area contributed by atoms with Crippen LogP contribution in [0.1, 0.15) is 33.9 Å². The Morgan fingerprint density at radius 1 is 1.67 bits per heavy atom. The lowest BCUT2D eigenvalue weighted by atomic mass is 10.2. The van der Waals surface area contributed by atoms with Gasteiger partial charge >= 0.3 is 0 Å². The fourth-order valence-electron chi connectivity index (χ4n) is 1.78. The Labute approximate surface area is 91.7 Å². The van der Waals surface area contributed by atoms with Gasteiger partial charge in [0.1, 0.15) is 11.0 Å². The molecule has 1 aromatic rings. The molecule has 1 heterocycles. The highest BCUT2D eigenvalue weighted by atomic mass is 32.1. The average molecular weight is 228 g/mol. The largest absolute Gasteiger partial charge is 0.346 e. The second-order valence-corrected chi connectivity index (χ2v) is 5.01. The summed E-state index contributed by atoms with van der Waals surface area (Å²) in [6.45, 7) is 1.84. The predicted octanol–water partition coefficient (Wildman–Crippen LogP) is 2.07. The molecule has 2 rings (SSSR count). The maximum Gasteiger partial charge on any atom is 0.263 e. The fourth-order valence-corrected chi connectivity index (χ4v) is 2.46. The molecule has 0 bridgehead atoms. The minimum Gasteiger partial charge on any atom is -0.346 e. The van der Waals surface area contributed by atoms with Crippen LogP contribution in [-0.4, -0.2) is 23.1 Å². The third-order valence-corrected chi connectivity index (χ3v) is 3.50. The number of hydrogen-bond acceptors (Lipinski definition) is 3. The number of nitrogens with zero attached hydrogens (tertiary/aromatic N) is 1. The van der Waals surface area contributed by atoms with Gasteiger partial charge < -0.3 is 5.32 Å². The van der Waals surface area contributed by atoms with Gasteiger partial charge in [0, 0.05) is 0 Å². The van der Waals surface area contributed by atoms with Crippen molar-refractivity contribution in [3.05, 3.63) is 16.1 Å². The Balaban J connectivity index is 1.97. The maximum absolute atomic E-state index is 13.2. The molecule has 1 aromatic heterocycles. The lowest BCUT2D eigenvalue weighted by molar-refractivity contribution is 0.0923. The summed E-state index contributed by atoms with van der Waals surface area (Å²) in [4.78, 5) is 16.2. The number of amides is 1. The van der Waals surface area contributed by atoms with Crippen LogP contribution in [0.2, 0.25) is 0 Å². The molecule has 1 aliphatic rings. The minimum atomic E-state index is -0.886. The van der Waals surface area contributed by atoms with E-state index in [4.69, 9.17) is 0 Å². The van der Waals surface area contributed by atoms with Crippen LogP contribution in [0.25, 0.3) is 0 Å².